The van der Waals surface area contributed by atoms with Gasteiger partial charge < -0.3 is 15.1 Å². The molecule has 2 amide bonds. The third-order valence-electron chi connectivity index (χ3n) is 4.63. The Morgan fingerprint density at radius 1 is 1.15 bits per heavy atom. The van der Waals surface area contributed by atoms with Gasteiger partial charge in [-0.05, 0) is 44.9 Å². The second-order valence-corrected chi connectivity index (χ2v) is 6.76. The summed E-state index contributed by atoms with van der Waals surface area (Å²) in [6.07, 6.45) is 1.67. The van der Waals surface area contributed by atoms with E-state index in [9.17, 15) is 9.59 Å². The highest BCUT2D eigenvalue weighted by Gasteiger charge is 2.23. The Balaban J connectivity index is 1.43. The van der Waals surface area contributed by atoms with E-state index in [4.69, 9.17) is 4.42 Å². The van der Waals surface area contributed by atoms with Crippen LogP contribution >= 0.6 is 0 Å². The van der Waals surface area contributed by atoms with E-state index in [0.717, 1.165) is 37.4 Å². The lowest BCUT2D eigenvalue weighted by Crippen LogP contribution is -2.46. The topological polar surface area (TPSA) is 74.6 Å². The summed E-state index contributed by atoms with van der Waals surface area (Å²) >= 11 is 0. The van der Waals surface area contributed by atoms with E-state index in [-0.39, 0.29) is 17.9 Å². The molecule has 2 aromatic rings. The minimum absolute atomic E-state index is 0.0109. The maximum atomic E-state index is 12.4. The Morgan fingerprint density at radius 2 is 1.85 bits per heavy atom. The van der Waals surface area contributed by atoms with E-state index in [1.165, 1.54) is 0 Å². The van der Waals surface area contributed by atoms with Crippen LogP contribution in [0.1, 0.15) is 34.7 Å². The zero-order valence-corrected chi connectivity index (χ0v) is 15.2. The van der Waals surface area contributed by atoms with Gasteiger partial charge in [0.1, 0.15) is 11.5 Å². The van der Waals surface area contributed by atoms with Crippen LogP contribution in [0, 0.1) is 13.8 Å². The molecule has 2 N–H and O–H groups in total. The number of furan rings is 1. The molecule has 6 nitrogen and oxygen atoms in total. The third-order valence-corrected chi connectivity index (χ3v) is 4.63. The lowest BCUT2D eigenvalue weighted by Gasteiger charge is -2.31. The minimum Gasteiger partial charge on any atom is -0.466 e. The predicted octanol–water partition coefficient (Wildman–Crippen LogP) is 2.73. The molecule has 0 unspecified atom stereocenters. The Hall–Kier alpha value is -2.60. The van der Waals surface area contributed by atoms with Crippen LogP contribution in [0.2, 0.25) is 0 Å². The molecule has 0 bridgehead atoms. The van der Waals surface area contributed by atoms with E-state index >= 15 is 0 Å². The number of hydrogen-bond acceptors (Lipinski definition) is 4. The van der Waals surface area contributed by atoms with Gasteiger partial charge in [-0.15, -0.1) is 0 Å². The van der Waals surface area contributed by atoms with Crippen LogP contribution < -0.4 is 10.6 Å². The number of benzene rings is 1. The van der Waals surface area contributed by atoms with Crippen LogP contribution in [0.25, 0.3) is 0 Å². The van der Waals surface area contributed by atoms with Gasteiger partial charge in [0, 0.05) is 24.8 Å². The largest absolute Gasteiger partial charge is 0.466 e. The SMILES string of the molecule is Cc1cc(C(=O)NC2CCN(CC(=O)Nc3ccccc3)CC2)c(C)o1. The maximum absolute atomic E-state index is 12.4. The van der Waals surface area contributed by atoms with Crippen LogP contribution in [-0.4, -0.2) is 42.4 Å². The molecule has 1 aliphatic heterocycles. The number of rotatable bonds is 5. The molecule has 0 spiro atoms. The number of nitrogens with one attached hydrogen (secondary N) is 2. The van der Waals surface area contributed by atoms with Gasteiger partial charge >= 0.3 is 0 Å². The van der Waals surface area contributed by atoms with Crippen molar-refractivity contribution in [3.8, 4) is 0 Å². The first kappa shape index (κ1) is 18.2. The van der Waals surface area contributed by atoms with Crippen molar-refractivity contribution in [1.82, 2.24) is 10.2 Å². The number of anilines is 1. The first-order valence-corrected chi connectivity index (χ1v) is 8.96. The Morgan fingerprint density at radius 3 is 2.46 bits per heavy atom. The molecule has 138 valence electrons. The summed E-state index contributed by atoms with van der Waals surface area (Å²) in [7, 11) is 0. The predicted molar refractivity (Wildman–Crippen MR) is 100 cm³/mol. The molecule has 1 aromatic heterocycles. The van der Waals surface area contributed by atoms with Gasteiger partial charge in [0.2, 0.25) is 5.91 Å². The standard InChI is InChI=1S/C20H25N3O3/c1-14-12-18(15(2)26-14)20(25)22-17-8-10-23(11-9-17)13-19(24)21-16-6-4-3-5-7-16/h3-7,12,17H,8-11,13H2,1-2H3,(H,21,24)(H,22,25). The van der Waals surface area contributed by atoms with Crippen molar-refractivity contribution in [3.63, 3.8) is 0 Å². The highest BCUT2D eigenvalue weighted by Crippen LogP contribution is 2.16. The fraction of sp³-hybridized carbons (Fsp3) is 0.400. The Labute approximate surface area is 153 Å². The number of para-hydroxylation sites is 1. The number of nitrogens with zero attached hydrogens (tertiary/aromatic N) is 1. The number of piperidine rings is 1. The van der Waals surface area contributed by atoms with E-state index < -0.39 is 0 Å². The van der Waals surface area contributed by atoms with Crippen molar-refractivity contribution >= 4 is 17.5 Å². The first-order chi connectivity index (χ1) is 12.5. The molecule has 1 aromatic carbocycles. The summed E-state index contributed by atoms with van der Waals surface area (Å²) in [5.74, 6) is 1.30. The summed E-state index contributed by atoms with van der Waals surface area (Å²) in [4.78, 5) is 26.6. The minimum atomic E-state index is -0.0837. The summed E-state index contributed by atoms with van der Waals surface area (Å²) in [5.41, 5.74) is 1.41. The molecule has 1 fully saturated rings. The fourth-order valence-corrected chi connectivity index (χ4v) is 3.28. The second kappa shape index (κ2) is 8.19. The average molecular weight is 355 g/mol. The van der Waals surface area contributed by atoms with Gasteiger partial charge in [-0.25, -0.2) is 0 Å². The molecular weight excluding hydrogens is 330 g/mol. The van der Waals surface area contributed by atoms with Crippen molar-refractivity contribution in [2.24, 2.45) is 0 Å². The van der Waals surface area contributed by atoms with Crippen molar-refractivity contribution in [2.75, 3.05) is 25.0 Å². The fourth-order valence-electron chi connectivity index (χ4n) is 3.28. The van der Waals surface area contributed by atoms with E-state index in [1.54, 1.807) is 13.0 Å². The highest BCUT2D eigenvalue weighted by molar-refractivity contribution is 5.95. The number of amides is 2. The molecule has 0 radical (unpaired) electrons. The second-order valence-electron chi connectivity index (χ2n) is 6.76. The molecule has 1 aliphatic rings. The summed E-state index contributed by atoms with van der Waals surface area (Å²) in [6, 6.07) is 11.4. The van der Waals surface area contributed by atoms with E-state index in [1.807, 2.05) is 37.3 Å². The zero-order chi connectivity index (χ0) is 18.5. The number of carbonyl (C=O) groups is 2. The number of hydrogen-bond donors (Lipinski definition) is 2. The Bertz CT molecular complexity index is 762. The van der Waals surface area contributed by atoms with Crippen LogP contribution in [0.5, 0.6) is 0 Å². The number of likely N-dealkylation sites (tertiary alicyclic amines) is 1. The van der Waals surface area contributed by atoms with Gasteiger partial charge in [0.25, 0.3) is 5.91 Å². The zero-order valence-electron chi connectivity index (χ0n) is 15.2. The van der Waals surface area contributed by atoms with Gasteiger partial charge in [-0.1, -0.05) is 18.2 Å². The molecule has 26 heavy (non-hydrogen) atoms. The molecule has 0 atom stereocenters. The molecular formula is C20H25N3O3. The van der Waals surface area contributed by atoms with Crippen LogP contribution in [0.15, 0.2) is 40.8 Å². The molecule has 6 heteroatoms. The van der Waals surface area contributed by atoms with Crippen LogP contribution in [-0.2, 0) is 4.79 Å². The summed E-state index contributed by atoms with van der Waals surface area (Å²) in [6.45, 7) is 5.58. The lowest BCUT2D eigenvalue weighted by molar-refractivity contribution is -0.117. The summed E-state index contributed by atoms with van der Waals surface area (Å²) in [5, 5.41) is 5.98. The van der Waals surface area contributed by atoms with Gasteiger partial charge in [-0.3, -0.25) is 14.5 Å². The van der Waals surface area contributed by atoms with E-state index in [2.05, 4.69) is 15.5 Å². The van der Waals surface area contributed by atoms with Gasteiger partial charge in [0.05, 0.1) is 12.1 Å². The van der Waals surface area contributed by atoms with Crippen LogP contribution in [0.4, 0.5) is 5.69 Å². The molecule has 1 saturated heterocycles. The van der Waals surface area contributed by atoms with Gasteiger partial charge in [-0.2, -0.15) is 0 Å². The smallest absolute Gasteiger partial charge is 0.255 e. The van der Waals surface area contributed by atoms with Crippen molar-refractivity contribution in [1.29, 1.82) is 0 Å². The third kappa shape index (κ3) is 4.73. The van der Waals surface area contributed by atoms with Gasteiger partial charge in [0.15, 0.2) is 0 Å². The molecule has 0 saturated carbocycles. The maximum Gasteiger partial charge on any atom is 0.255 e. The normalized spacial score (nSPS) is 15.6. The Kier molecular flexibility index (Phi) is 5.73. The number of carbonyl (C=O) groups excluding carboxylic acids is 2. The number of aryl methyl sites for hydroxylation is 2. The quantitative estimate of drug-likeness (QED) is 0.865. The summed E-state index contributed by atoms with van der Waals surface area (Å²) < 4.78 is 5.42. The first-order valence-electron chi connectivity index (χ1n) is 8.96. The monoisotopic (exact) mass is 355 g/mol. The van der Waals surface area contributed by atoms with Crippen molar-refractivity contribution in [3.05, 3.63) is 53.5 Å². The van der Waals surface area contributed by atoms with Crippen LogP contribution in [0.3, 0.4) is 0 Å². The molecule has 2 heterocycles. The highest BCUT2D eigenvalue weighted by atomic mass is 16.3. The lowest BCUT2D eigenvalue weighted by atomic mass is 10.0. The molecule has 3 rings (SSSR count). The van der Waals surface area contributed by atoms with E-state index in [0.29, 0.717) is 17.9 Å². The van der Waals surface area contributed by atoms with Crippen molar-refractivity contribution in [2.45, 2.75) is 32.7 Å². The average Bonchev–Trinajstić information content (AvgIpc) is 2.96. The van der Waals surface area contributed by atoms with Crippen molar-refractivity contribution < 1.29 is 14.0 Å². The molecule has 0 aliphatic carbocycles.